The van der Waals surface area contributed by atoms with Crippen LogP contribution in [-0.4, -0.2) is 36.4 Å². The quantitative estimate of drug-likeness (QED) is 0.412. The number of rotatable bonds is 5. The SMILES string of the molecule is CN(C)C(=O)Cc1cccc(N/N=C(\C#N)C(=N)N)c1. The number of anilines is 1. The molecule has 104 valence electrons. The summed E-state index contributed by atoms with van der Waals surface area (Å²) in [5.74, 6) is -0.411. The van der Waals surface area contributed by atoms with Crippen molar-refractivity contribution in [3.05, 3.63) is 29.8 Å². The molecule has 0 aliphatic carbocycles. The second-order valence-corrected chi connectivity index (χ2v) is 4.26. The monoisotopic (exact) mass is 272 g/mol. The van der Waals surface area contributed by atoms with Crippen LogP contribution in [0.4, 0.5) is 5.69 Å². The number of nitriles is 1. The first-order chi connectivity index (χ1) is 9.43. The number of benzene rings is 1. The van der Waals surface area contributed by atoms with Gasteiger partial charge in [0, 0.05) is 14.1 Å². The maximum absolute atomic E-state index is 11.6. The fourth-order valence-corrected chi connectivity index (χ4v) is 1.35. The largest absolute Gasteiger partial charge is 0.382 e. The molecule has 0 aliphatic rings. The molecular weight excluding hydrogens is 256 g/mol. The first-order valence-electron chi connectivity index (χ1n) is 5.81. The molecule has 0 aliphatic heterocycles. The van der Waals surface area contributed by atoms with Crippen LogP contribution in [0.2, 0.25) is 0 Å². The van der Waals surface area contributed by atoms with Gasteiger partial charge in [-0.05, 0) is 17.7 Å². The van der Waals surface area contributed by atoms with E-state index in [9.17, 15) is 4.79 Å². The third kappa shape index (κ3) is 4.42. The van der Waals surface area contributed by atoms with E-state index < -0.39 is 5.84 Å². The van der Waals surface area contributed by atoms with Gasteiger partial charge in [-0.25, -0.2) is 0 Å². The number of carbonyl (C=O) groups is 1. The van der Waals surface area contributed by atoms with Crippen LogP contribution < -0.4 is 11.2 Å². The molecule has 0 radical (unpaired) electrons. The van der Waals surface area contributed by atoms with E-state index in [4.69, 9.17) is 16.4 Å². The molecule has 1 aromatic rings. The minimum Gasteiger partial charge on any atom is -0.382 e. The number of amidine groups is 1. The molecule has 4 N–H and O–H groups in total. The number of likely N-dealkylation sites (N-methyl/N-ethyl adjacent to an activating group) is 1. The Morgan fingerprint density at radius 1 is 1.55 bits per heavy atom. The van der Waals surface area contributed by atoms with Gasteiger partial charge in [0.2, 0.25) is 11.6 Å². The Kier molecular flexibility index (Phi) is 5.23. The average molecular weight is 272 g/mol. The van der Waals surface area contributed by atoms with E-state index in [0.717, 1.165) is 5.56 Å². The number of hydrogen-bond acceptors (Lipinski definition) is 5. The van der Waals surface area contributed by atoms with Gasteiger partial charge in [-0.1, -0.05) is 12.1 Å². The molecule has 0 unspecified atom stereocenters. The van der Waals surface area contributed by atoms with Crippen LogP contribution >= 0.6 is 0 Å². The van der Waals surface area contributed by atoms with Crippen molar-refractivity contribution in [2.75, 3.05) is 19.5 Å². The Morgan fingerprint density at radius 2 is 2.25 bits per heavy atom. The van der Waals surface area contributed by atoms with Crippen LogP contribution in [0.3, 0.4) is 0 Å². The molecular formula is C13H16N6O. The lowest BCUT2D eigenvalue weighted by molar-refractivity contribution is -0.127. The summed E-state index contributed by atoms with van der Waals surface area (Å²) >= 11 is 0. The highest BCUT2D eigenvalue weighted by Gasteiger charge is 2.06. The summed E-state index contributed by atoms with van der Waals surface area (Å²) in [5, 5.41) is 19.6. The van der Waals surface area contributed by atoms with Gasteiger partial charge in [0.25, 0.3) is 0 Å². The number of amides is 1. The number of carbonyl (C=O) groups excluding carboxylic acids is 1. The van der Waals surface area contributed by atoms with Crippen LogP contribution in [0.25, 0.3) is 0 Å². The van der Waals surface area contributed by atoms with Crippen molar-refractivity contribution in [1.29, 1.82) is 10.7 Å². The minimum atomic E-state index is -0.404. The first kappa shape index (κ1) is 15.2. The third-order valence-electron chi connectivity index (χ3n) is 2.44. The zero-order chi connectivity index (χ0) is 15.1. The standard InChI is InChI=1S/C13H16N6O/c1-19(2)12(20)7-9-4-3-5-10(6-9)17-18-11(8-14)13(15)16/h3-6,17H,7H2,1-2H3,(H3,15,16)/b18-11+. The fourth-order valence-electron chi connectivity index (χ4n) is 1.35. The summed E-state index contributed by atoms with van der Waals surface area (Å²) in [6.07, 6.45) is 0.282. The maximum atomic E-state index is 11.6. The molecule has 0 spiro atoms. The molecule has 0 fully saturated rings. The van der Waals surface area contributed by atoms with E-state index in [-0.39, 0.29) is 18.0 Å². The lowest BCUT2D eigenvalue weighted by Crippen LogP contribution is -2.23. The average Bonchev–Trinajstić information content (AvgIpc) is 2.39. The zero-order valence-corrected chi connectivity index (χ0v) is 11.3. The van der Waals surface area contributed by atoms with Gasteiger partial charge >= 0.3 is 0 Å². The molecule has 0 heterocycles. The summed E-state index contributed by atoms with van der Waals surface area (Å²) in [6.45, 7) is 0. The fraction of sp³-hybridized carbons (Fsp3) is 0.231. The van der Waals surface area contributed by atoms with Crippen LogP contribution in [0.5, 0.6) is 0 Å². The predicted octanol–water partition coefficient (Wildman–Crippen LogP) is 0.545. The molecule has 0 bridgehead atoms. The van der Waals surface area contributed by atoms with Crippen LogP contribution in [0, 0.1) is 16.7 Å². The molecule has 0 atom stereocenters. The molecule has 0 aromatic heterocycles. The lowest BCUT2D eigenvalue weighted by atomic mass is 10.1. The van der Waals surface area contributed by atoms with E-state index in [1.54, 1.807) is 38.4 Å². The smallest absolute Gasteiger partial charge is 0.226 e. The Balaban J connectivity index is 2.82. The van der Waals surface area contributed by atoms with Gasteiger partial charge in [-0.15, -0.1) is 0 Å². The predicted molar refractivity (Wildman–Crippen MR) is 77.4 cm³/mol. The summed E-state index contributed by atoms with van der Waals surface area (Å²) in [7, 11) is 3.39. The second kappa shape index (κ2) is 6.89. The number of nitrogens with zero attached hydrogens (tertiary/aromatic N) is 3. The summed E-state index contributed by atoms with van der Waals surface area (Å²) in [5.41, 5.74) is 9.06. The first-order valence-corrected chi connectivity index (χ1v) is 5.81. The van der Waals surface area contributed by atoms with Crippen LogP contribution in [-0.2, 0) is 11.2 Å². The van der Waals surface area contributed by atoms with Gasteiger partial charge < -0.3 is 10.6 Å². The number of hydrogen-bond donors (Lipinski definition) is 3. The highest BCUT2D eigenvalue weighted by Crippen LogP contribution is 2.11. The van der Waals surface area contributed by atoms with Gasteiger partial charge in [0.1, 0.15) is 6.07 Å². The lowest BCUT2D eigenvalue weighted by Gasteiger charge is -2.10. The molecule has 0 saturated heterocycles. The highest BCUT2D eigenvalue weighted by atomic mass is 16.2. The van der Waals surface area contributed by atoms with Crippen molar-refractivity contribution in [2.24, 2.45) is 10.8 Å². The van der Waals surface area contributed by atoms with Crippen molar-refractivity contribution in [3.63, 3.8) is 0 Å². The molecule has 20 heavy (non-hydrogen) atoms. The van der Waals surface area contributed by atoms with Crippen molar-refractivity contribution < 1.29 is 4.79 Å². The van der Waals surface area contributed by atoms with Gasteiger partial charge in [0.05, 0.1) is 12.1 Å². The highest BCUT2D eigenvalue weighted by molar-refractivity contribution is 6.45. The van der Waals surface area contributed by atoms with E-state index in [2.05, 4.69) is 10.5 Å². The Bertz CT molecular complexity index is 585. The Morgan fingerprint density at radius 3 is 2.80 bits per heavy atom. The van der Waals surface area contributed by atoms with Gasteiger partial charge in [-0.3, -0.25) is 15.6 Å². The zero-order valence-electron chi connectivity index (χ0n) is 11.3. The van der Waals surface area contributed by atoms with Crippen molar-refractivity contribution >= 4 is 23.1 Å². The summed E-state index contributed by atoms with van der Waals surface area (Å²) in [6, 6.07) is 8.80. The molecule has 1 aromatic carbocycles. The summed E-state index contributed by atoms with van der Waals surface area (Å²) < 4.78 is 0. The van der Waals surface area contributed by atoms with Crippen molar-refractivity contribution in [2.45, 2.75) is 6.42 Å². The molecule has 7 heteroatoms. The van der Waals surface area contributed by atoms with Gasteiger partial charge in [-0.2, -0.15) is 10.4 Å². The Labute approximate surface area is 117 Å². The number of hydrazone groups is 1. The maximum Gasteiger partial charge on any atom is 0.226 e. The normalized spacial score (nSPS) is 10.6. The van der Waals surface area contributed by atoms with Gasteiger partial charge in [0.15, 0.2) is 5.84 Å². The molecule has 0 saturated carbocycles. The van der Waals surface area contributed by atoms with E-state index in [0.29, 0.717) is 5.69 Å². The summed E-state index contributed by atoms with van der Waals surface area (Å²) in [4.78, 5) is 13.1. The molecule has 1 amide bonds. The topological polar surface area (TPSA) is 118 Å². The second-order valence-electron chi connectivity index (χ2n) is 4.26. The third-order valence-corrected chi connectivity index (χ3v) is 2.44. The van der Waals surface area contributed by atoms with E-state index in [1.807, 2.05) is 6.07 Å². The van der Waals surface area contributed by atoms with E-state index in [1.165, 1.54) is 4.90 Å². The minimum absolute atomic E-state index is 0.00731. The molecule has 7 nitrogen and oxygen atoms in total. The number of nitrogens with one attached hydrogen (secondary N) is 2. The van der Waals surface area contributed by atoms with E-state index >= 15 is 0 Å². The van der Waals surface area contributed by atoms with Crippen LogP contribution in [0.1, 0.15) is 5.56 Å². The van der Waals surface area contributed by atoms with Crippen molar-refractivity contribution in [1.82, 2.24) is 4.90 Å². The van der Waals surface area contributed by atoms with Crippen LogP contribution in [0.15, 0.2) is 29.4 Å². The van der Waals surface area contributed by atoms with Crippen molar-refractivity contribution in [3.8, 4) is 6.07 Å². The molecule has 1 rings (SSSR count). The Hall–Kier alpha value is -2.88. The number of nitrogens with two attached hydrogens (primary N) is 1.